The average Bonchev–Trinajstić information content (AvgIpc) is 2.66. The molecule has 3 aromatic carbocycles. The summed E-state index contributed by atoms with van der Waals surface area (Å²) in [7, 11) is -5.52. The van der Waals surface area contributed by atoms with Crippen molar-refractivity contribution in [3.8, 4) is 11.1 Å². The molecule has 0 saturated carbocycles. The lowest BCUT2D eigenvalue weighted by atomic mass is 10.1. The summed E-state index contributed by atoms with van der Waals surface area (Å²) in [5.41, 5.74) is 2.55. The van der Waals surface area contributed by atoms with Crippen LogP contribution in [0.5, 0.6) is 0 Å². The van der Waals surface area contributed by atoms with Crippen molar-refractivity contribution in [3.63, 3.8) is 0 Å². The second-order valence-electron chi connectivity index (χ2n) is 5.11. The summed E-state index contributed by atoms with van der Waals surface area (Å²) in [5, 5.41) is 0. The van der Waals surface area contributed by atoms with E-state index in [9.17, 15) is 30.4 Å². The van der Waals surface area contributed by atoms with Crippen LogP contribution >= 0.6 is 0 Å². The maximum absolute atomic E-state index is 12.6. The van der Waals surface area contributed by atoms with E-state index >= 15 is 0 Å². The lowest BCUT2D eigenvalue weighted by Crippen LogP contribution is -2.11. The van der Waals surface area contributed by atoms with Crippen LogP contribution in [0.2, 0.25) is 0 Å². The first-order valence-corrected chi connectivity index (χ1v) is 8.68. The summed E-state index contributed by atoms with van der Waals surface area (Å²) in [6.07, 6.45) is 0. The first-order chi connectivity index (χ1) is 12.6. The smallest absolute Gasteiger partial charge is 0.282 e. The van der Waals surface area contributed by atoms with Gasteiger partial charge in [0.05, 0.1) is 0 Å². The van der Waals surface area contributed by atoms with Gasteiger partial charge in [0.15, 0.2) is 28.2 Å². The maximum Gasteiger partial charge on any atom is 0.300 e. The van der Waals surface area contributed by atoms with E-state index in [-0.39, 0.29) is 0 Å². The van der Waals surface area contributed by atoms with Crippen LogP contribution in [-0.4, -0.2) is 13.0 Å². The van der Waals surface area contributed by atoms with Crippen LogP contribution in [0.4, 0.5) is 22.0 Å². The topological polar surface area (TPSA) is 54.4 Å². The molecule has 9 heteroatoms. The fourth-order valence-corrected chi connectivity index (χ4v) is 2.70. The predicted molar refractivity (Wildman–Crippen MR) is 87.9 cm³/mol. The van der Waals surface area contributed by atoms with Crippen molar-refractivity contribution in [3.05, 3.63) is 89.7 Å². The number of hydrogen-bond acceptors (Lipinski definition) is 2. The van der Waals surface area contributed by atoms with Gasteiger partial charge in [-0.1, -0.05) is 60.7 Å². The highest BCUT2D eigenvalue weighted by Gasteiger charge is 2.32. The van der Waals surface area contributed by atoms with E-state index in [1.54, 1.807) is 0 Å². The summed E-state index contributed by atoms with van der Waals surface area (Å²) in [5.74, 6) is -12.6. The Kier molecular flexibility index (Phi) is 6.29. The van der Waals surface area contributed by atoms with E-state index in [1.165, 1.54) is 11.1 Å². The van der Waals surface area contributed by atoms with Crippen molar-refractivity contribution in [1.82, 2.24) is 0 Å². The molecule has 0 aromatic heterocycles. The van der Waals surface area contributed by atoms with Gasteiger partial charge in [-0.3, -0.25) is 4.55 Å². The first-order valence-electron chi connectivity index (χ1n) is 7.24. The normalized spacial score (nSPS) is 10.9. The van der Waals surface area contributed by atoms with Crippen LogP contribution in [0.15, 0.2) is 65.6 Å². The molecule has 3 rings (SSSR count). The first kappa shape index (κ1) is 20.5. The minimum absolute atomic E-state index is 1.28. The Morgan fingerprint density at radius 2 is 0.852 bits per heavy atom. The summed E-state index contributed by atoms with van der Waals surface area (Å²) in [4.78, 5) is -2.26. The highest BCUT2D eigenvalue weighted by Crippen LogP contribution is 2.26. The Hall–Kier alpha value is -2.78. The molecule has 0 unspecified atom stereocenters. The zero-order chi connectivity index (χ0) is 20.2. The molecule has 0 fully saturated rings. The molecule has 0 heterocycles. The van der Waals surface area contributed by atoms with Gasteiger partial charge in [0, 0.05) is 0 Å². The van der Waals surface area contributed by atoms with E-state index in [0.717, 1.165) is 0 Å². The van der Waals surface area contributed by atoms with Crippen LogP contribution in [0.3, 0.4) is 0 Å². The maximum atomic E-state index is 12.6. The molecule has 0 amide bonds. The van der Waals surface area contributed by atoms with Crippen LogP contribution in [-0.2, 0) is 10.1 Å². The molecule has 0 radical (unpaired) electrons. The number of hydrogen-bond donors (Lipinski definition) is 1. The molecule has 0 atom stereocenters. The van der Waals surface area contributed by atoms with Gasteiger partial charge in [0.2, 0.25) is 5.82 Å². The predicted octanol–water partition coefficient (Wildman–Crippen LogP) is 4.98. The molecule has 3 nitrogen and oxygen atoms in total. The van der Waals surface area contributed by atoms with E-state index in [2.05, 4.69) is 48.5 Å². The van der Waals surface area contributed by atoms with Crippen molar-refractivity contribution in [2.45, 2.75) is 4.90 Å². The Labute approximate surface area is 151 Å². The zero-order valence-corrected chi connectivity index (χ0v) is 14.2. The second kappa shape index (κ2) is 8.28. The van der Waals surface area contributed by atoms with Crippen LogP contribution < -0.4 is 0 Å². The Morgan fingerprint density at radius 3 is 1.15 bits per heavy atom. The quantitative estimate of drug-likeness (QED) is 0.285. The monoisotopic (exact) mass is 402 g/mol. The number of rotatable bonds is 2. The Balaban J connectivity index is 0.000000198. The van der Waals surface area contributed by atoms with Gasteiger partial charge in [0.1, 0.15) is 0 Å². The van der Waals surface area contributed by atoms with Crippen LogP contribution in [0.1, 0.15) is 0 Å². The lowest BCUT2D eigenvalue weighted by molar-refractivity contribution is 0.352. The minimum Gasteiger partial charge on any atom is -0.282 e. The van der Waals surface area contributed by atoms with Crippen molar-refractivity contribution in [2.75, 3.05) is 0 Å². The molecular weight excluding hydrogens is 391 g/mol. The molecule has 3 aromatic rings. The fraction of sp³-hybridized carbons (Fsp3) is 0. The van der Waals surface area contributed by atoms with Gasteiger partial charge in [-0.2, -0.15) is 8.42 Å². The van der Waals surface area contributed by atoms with Crippen molar-refractivity contribution in [2.24, 2.45) is 0 Å². The van der Waals surface area contributed by atoms with Gasteiger partial charge in [0.25, 0.3) is 0 Å². The highest BCUT2D eigenvalue weighted by atomic mass is 32.2. The molecule has 0 aliphatic rings. The summed E-state index contributed by atoms with van der Waals surface area (Å²) >= 11 is 0. The van der Waals surface area contributed by atoms with Crippen LogP contribution in [0.25, 0.3) is 11.1 Å². The summed E-state index contributed by atoms with van der Waals surface area (Å²) in [6.45, 7) is 0. The molecule has 27 heavy (non-hydrogen) atoms. The Bertz CT molecular complexity index is 973. The van der Waals surface area contributed by atoms with E-state index < -0.39 is 44.1 Å². The van der Waals surface area contributed by atoms with E-state index in [4.69, 9.17) is 4.55 Å². The second-order valence-corrected chi connectivity index (χ2v) is 6.46. The number of benzene rings is 3. The summed E-state index contributed by atoms with van der Waals surface area (Å²) < 4.78 is 91.3. The number of halogens is 5. The van der Waals surface area contributed by atoms with E-state index in [1.807, 2.05) is 12.1 Å². The van der Waals surface area contributed by atoms with Gasteiger partial charge in [-0.05, 0) is 11.1 Å². The lowest BCUT2D eigenvalue weighted by Gasteiger charge is -2.04. The molecule has 0 aliphatic heterocycles. The van der Waals surface area contributed by atoms with Crippen molar-refractivity contribution < 1.29 is 34.9 Å². The standard InChI is InChI=1S/C12H10.C6HF5O3S/c1-3-7-11(8-4-1)12-9-5-2-6-10-12;7-1-2(8)4(10)6(15(12,13)14)5(11)3(1)9/h1-10H;(H,12,13,14). The zero-order valence-electron chi connectivity index (χ0n) is 13.3. The molecule has 0 bridgehead atoms. The fourth-order valence-electron chi connectivity index (χ4n) is 2.07. The van der Waals surface area contributed by atoms with Gasteiger partial charge >= 0.3 is 10.1 Å². The van der Waals surface area contributed by atoms with E-state index in [0.29, 0.717) is 0 Å². The third kappa shape index (κ3) is 4.69. The third-order valence-corrected chi connectivity index (χ3v) is 4.18. The minimum atomic E-state index is -5.52. The van der Waals surface area contributed by atoms with Crippen LogP contribution in [0, 0.1) is 29.1 Å². The Morgan fingerprint density at radius 1 is 0.556 bits per heavy atom. The van der Waals surface area contributed by atoms with Gasteiger partial charge in [-0.25, -0.2) is 22.0 Å². The van der Waals surface area contributed by atoms with Gasteiger partial charge < -0.3 is 0 Å². The molecule has 0 spiro atoms. The van der Waals surface area contributed by atoms with Crippen molar-refractivity contribution in [1.29, 1.82) is 0 Å². The highest BCUT2D eigenvalue weighted by molar-refractivity contribution is 7.85. The van der Waals surface area contributed by atoms with Crippen molar-refractivity contribution >= 4 is 10.1 Å². The largest absolute Gasteiger partial charge is 0.300 e. The summed E-state index contributed by atoms with van der Waals surface area (Å²) in [6, 6.07) is 20.8. The molecule has 1 N–H and O–H groups in total. The molecule has 0 aliphatic carbocycles. The molecule has 0 saturated heterocycles. The van der Waals surface area contributed by atoms with Gasteiger partial charge in [-0.15, -0.1) is 0 Å². The third-order valence-electron chi connectivity index (χ3n) is 3.31. The molecule has 142 valence electrons. The average molecular weight is 402 g/mol. The molecular formula is C18H11F5O3S. The SMILES string of the molecule is O=S(=O)(O)c1c(F)c(F)c(F)c(F)c1F.c1ccc(-c2ccccc2)cc1.